The van der Waals surface area contributed by atoms with Crippen LogP contribution in [-0.4, -0.2) is 23.0 Å². The van der Waals surface area contributed by atoms with Crippen molar-refractivity contribution in [2.24, 2.45) is 0 Å². The van der Waals surface area contributed by atoms with Crippen LogP contribution in [0.15, 0.2) is 54.9 Å². The van der Waals surface area contributed by atoms with Crippen LogP contribution in [0.5, 0.6) is 0 Å². The van der Waals surface area contributed by atoms with E-state index in [1.54, 1.807) is 31.5 Å². The monoisotopic (exact) mass is 298 g/mol. The third kappa shape index (κ3) is 4.90. The topological polar surface area (TPSA) is 83.1 Å². The van der Waals surface area contributed by atoms with Crippen LogP contribution in [0.1, 0.15) is 12.5 Å². The first kappa shape index (κ1) is 15.5. The quantitative estimate of drug-likeness (QED) is 0.788. The van der Waals surface area contributed by atoms with Crippen LogP contribution < -0.4 is 16.0 Å². The second-order valence-electron chi connectivity index (χ2n) is 4.76. The standard InChI is InChI=1S/C16H18N4O2/c1-12(15(21)18-11-13-7-9-17-10-8-13)19-16(22)20-14-5-3-2-4-6-14/h2-10,12H,11H2,1H3,(H,18,21)(H2,19,20,22)/t12-/m0/s1. The lowest BCUT2D eigenvalue weighted by Gasteiger charge is -2.14. The van der Waals surface area contributed by atoms with E-state index in [0.29, 0.717) is 12.2 Å². The zero-order valence-corrected chi connectivity index (χ0v) is 12.2. The molecular formula is C16H18N4O2. The van der Waals surface area contributed by atoms with Crippen LogP contribution in [0.25, 0.3) is 0 Å². The summed E-state index contributed by atoms with van der Waals surface area (Å²) in [4.78, 5) is 27.6. The molecule has 3 amide bonds. The number of hydrogen-bond acceptors (Lipinski definition) is 3. The number of hydrogen-bond donors (Lipinski definition) is 3. The predicted octanol–water partition coefficient (Wildman–Crippen LogP) is 1.91. The summed E-state index contributed by atoms with van der Waals surface area (Å²) in [6.45, 7) is 2.03. The summed E-state index contributed by atoms with van der Waals surface area (Å²) in [6, 6.07) is 11.6. The van der Waals surface area contributed by atoms with Gasteiger partial charge >= 0.3 is 6.03 Å². The average Bonchev–Trinajstić information content (AvgIpc) is 2.54. The van der Waals surface area contributed by atoms with E-state index in [4.69, 9.17) is 0 Å². The van der Waals surface area contributed by atoms with Crippen LogP contribution in [0.4, 0.5) is 10.5 Å². The minimum Gasteiger partial charge on any atom is -0.350 e. The Morgan fingerprint density at radius 1 is 1.09 bits per heavy atom. The molecule has 0 saturated carbocycles. The molecule has 1 aromatic heterocycles. The van der Waals surface area contributed by atoms with Crippen LogP contribution in [0.2, 0.25) is 0 Å². The number of urea groups is 1. The maximum atomic E-state index is 11.9. The molecule has 6 nitrogen and oxygen atoms in total. The van der Waals surface area contributed by atoms with E-state index in [9.17, 15) is 9.59 Å². The Labute approximate surface area is 129 Å². The number of nitrogens with one attached hydrogen (secondary N) is 3. The van der Waals surface area contributed by atoms with Gasteiger partial charge in [-0.3, -0.25) is 9.78 Å². The molecule has 2 rings (SSSR count). The van der Waals surface area contributed by atoms with Crippen LogP contribution >= 0.6 is 0 Å². The van der Waals surface area contributed by atoms with E-state index in [1.165, 1.54) is 0 Å². The van der Waals surface area contributed by atoms with Crippen molar-refractivity contribution < 1.29 is 9.59 Å². The molecule has 6 heteroatoms. The van der Waals surface area contributed by atoms with E-state index in [2.05, 4.69) is 20.9 Å². The van der Waals surface area contributed by atoms with Gasteiger partial charge in [0.1, 0.15) is 6.04 Å². The van der Waals surface area contributed by atoms with E-state index >= 15 is 0 Å². The predicted molar refractivity (Wildman–Crippen MR) is 84.1 cm³/mol. The summed E-state index contributed by atoms with van der Waals surface area (Å²) in [6.07, 6.45) is 3.33. The first-order valence-electron chi connectivity index (χ1n) is 6.94. The van der Waals surface area contributed by atoms with Crippen molar-refractivity contribution in [3.63, 3.8) is 0 Å². The normalized spacial score (nSPS) is 11.3. The lowest BCUT2D eigenvalue weighted by atomic mass is 10.2. The number of carbonyl (C=O) groups is 2. The molecule has 0 spiro atoms. The van der Waals surface area contributed by atoms with Crippen molar-refractivity contribution in [1.29, 1.82) is 0 Å². The van der Waals surface area contributed by atoms with E-state index in [-0.39, 0.29) is 5.91 Å². The van der Waals surface area contributed by atoms with Crippen molar-refractivity contribution >= 4 is 17.6 Å². The summed E-state index contributed by atoms with van der Waals surface area (Å²) >= 11 is 0. The van der Waals surface area contributed by atoms with Gasteiger partial charge in [-0.2, -0.15) is 0 Å². The summed E-state index contributed by atoms with van der Waals surface area (Å²) in [5, 5.41) is 8.01. The Morgan fingerprint density at radius 3 is 2.45 bits per heavy atom. The summed E-state index contributed by atoms with van der Waals surface area (Å²) in [5.41, 5.74) is 1.62. The molecule has 0 radical (unpaired) electrons. The number of aromatic nitrogens is 1. The Morgan fingerprint density at radius 2 is 1.77 bits per heavy atom. The fraction of sp³-hybridized carbons (Fsp3) is 0.188. The summed E-state index contributed by atoms with van der Waals surface area (Å²) in [5.74, 6) is -0.250. The maximum absolute atomic E-state index is 11.9. The number of anilines is 1. The molecule has 0 saturated heterocycles. The van der Waals surface area contributed by atoms with Crippen LogP contribution in [0.3, 0.4) is 0 Å². The molecule has 3 N–H and O–H groups in total. The molecule has 0 bridgehead atoms. The van der Waals surface area contributed by atoms with Crippen molar-refractivity contribution in [2.45, 2.75) is 19.5 Å². The summed E-state index contributed by atoms with van der Waals surface area (Å²) in [7, 11) is 0. The Balaban J connectivity index is 1.77. The molecule has 2 aromatic rings. The van der Waals surface area contributed by atoms with Crippen molar-refractivity contribution in [1.82, 2.24) is 15.6 Å². The Hall–Kier alpha value is -2.89. The molecule has 1 heterocycles. The number of para-hydroxylation sites is 1. The van der Waals surface area contributed by atoms with Gasteiger partial charge < -0.3 is 16.0 Å². The molecule has 0 unspecified atom stereocenters. The first-order chi connectivity index (χ1) is 10.6. The first-order valence-corrected chi connectivity index (χ1v) is 6.94. The molecule has 0 aliphatic carbocycles. The van der Waals surface area contributed by atoms with Gasteiger partial charge in [0.15, 0.2) is 0 Å². The minimum atomic E-state index is -0.634. The Bertz CT molecular complexity index is 617. The largest absolute Gasteiger partial charge is 0.350 e. The zero-order valence-electron chi connectivity index (χ0n) is 12.2. The highest BCUT2D eigenvalue weighted by Gasteiger charge is 2.15. The van der Waals surface area contributed by atoms with Crippen molar-refractivity contribution in [2.75, 3.05) is 5.32 Å². The van der Waals surface area contributed by atoms with Gasteiger partial charge in [-0.1, -0.05) is 18.2 Å². The third-order valence-corrected chi connectivity index (χ3v) is 2.99. The lowest BCUT2D eigenvalue weighted by Crippen LogP contribution is -2.46. The molecule has 0 aliphatic heterocycles. The molecule has 0 aliphatic rings. The minimum absolute atomic E-state index is 0.250. The van der Waals surface area contributed by atoms with Crippen molar-refractivity contribution in [3.8, 4) is 0 Å². The smallest absolute Gasteiger partial charge is 0.319 e. The number of pyridine rings is 1. The second kappa shape index (κ2) is 7.78. The van der Waals surface area contributed by atoms with Crippen LogP contribution in [0, 0.1) is 0 Å². The number of amides is 3. The molecule has 114 valence electrons. The molecular weight excluding hydrogens is 280 g/mol. The highest BCUT2D eigenvalue weighted by atomic mass is 16.2. The number of benzene rings is 1. The summed E-state index contributed by atoms with van der Waals surface area (Å²) < 4.78 is 0. The SMILES string of the molecule is C[C@H](NC(=O)Nc1ccccc1)C(=O)NCc1ccncc1. The fourth-order valence-corrected chi connectivity index (χ4v) is 1.79. The van der Waals surface area contributed by atoms with E-state index in [0.717, 1.165) is 5.56 Å². The lowest BCUT2D eigenvalue weighted by molar-refractivity contribution is -0.122. The van der Waals surface area contributed by atoms with Gasteiger partial charge in [0.05, 0.1) is 0 Å². The third-order valence-electron chi connectivity index (χ3n) is 2.99. The fourth-order valence-electron chi connectivity index (χ4n) is 1.79. The average molecular weight is 298 g/mol. The van der Waals surface area contributed by atoms with Gasteiger partial charge in [0, 0.05) is 24.6 Å². The van der Waals surface area contributed by atoms with Crippen molar-refractivity contribution in [3.05, 3.63) is 60.4 Å². The number of rotatable bonds is 5. The number of nitrogens with zero attached hydrogens (tertiary/aromatic N) is 1. The van der Waals surface area contributed by atoms with Gasteiger partial charge in [-0.15, -0.1) is 0 Å². The maximum Gasteiger partial charge on any atom is 0.319 e. The van der Waals surface area contributed by atoms with Gasteiger partial charge in [-0.25, -0.2) is 4.79 Å². The molecule has 22 heavy (non-hydrogen) atoms. The number of carbonyl (C=O) groups excluding carboxylic acids is 2. The van der Waals surface area contributed by atoms with Gasteiger partial charge in [-0.05, 0) is 36.8 Å². The zero-order chi connectivity index (χ0) is 15.8. The second-order valence-corrected chi connectivity index (χ2v) is 4.76. The molecule has 0 fully saturated rings. The molecule has 1 atom stereocenters. The van der Waals surface area contributed by atoms with E-state index < -0.39 is 12.1 Å². The van der Waals surface area contributed by atoms with Gasteiger partial charge in [0.25, 0.3) is 0 Å². The van der Waals surface area contributed by atoms with E-state index in [1.807, 2.05) is 30.3 Å². The van der Waals surface area contributed by atoms with Crippen LogP contribution in [-0.2, 0) is 11.3 Å². The highest BCUT2D eigenvalue weighted by Crippen LogP contribution is 2.04. The highest BCUT2D eigenvalue weighted by molar-refractivity contribution is 5.93. The molecule has 1 aromatic carbocycles. The van der Waals surface area contributed by atoms with Gasteiger partial charge in [0.2, 0.25) is 5.91 Å². The Kier molecular flexibility index (Phi) is 5.48.